The van der Waals surface area contributed by atoms with Gasteiger partial charge in [-0.1, -0.05) is 77.7 Å². The highest BCUT2D eigenvalue weighted by Gasteiger charge is 2.17. The van der Waals surface area contributed by atoms with Crippen molar-refractivity contribution in [2.24, 2.45) is 0 Å². The van der Waals surface area contributed by atoms with Crippen LogP contribution in [-0.2, 0) is 0 Å². The van der Waals surface area contributed by atoms with Crippen LogP contribution in [0.3, 0.4) is 0 Å². The van der Waals surface area contributed by atoms with Crippen LogP contribution in [0.15, 0.2) is 53.0 Å². The fraction of sp³-hybridized carbons (Fsp3) is 0.368. The number of rotatable bonds is 3. The predicted octanol–water partition coefficient (Wildman–Crippen LogP) is 6.83. The number of benzene rings is 2. The normalized spacial score (nSPS) is 17.6. The van der Waals surface area contributed by atoms with Gasteiger partial charge in [0, 0.05) is 4.47 Å². The van der Waals surface area contributed by atoms with E-state index in [2.05, 4.69) is 46.3 Å². The fourth-order valence-electron chi connectivity index (χ4n) is 3.23. The Morgan fingerprint density at radius 1 is 0.905 bits per heavy atom. The van der Waals surface area contributed by atoms with Crippen molar-refractivity contribution < 1.29 is 0 Å². The van der Waals surface area contributed by atoms with Gasteiger partial charge in [0.15, 0.2) is 0 Å². The maximum absolute atomic E-state index is 6.65. The highest BCUT2D eigenvalue weighted by atomic mass is 79.9. The van der Waals surface area contributed by atoms with Gasteiger partial charge in [0.05, 0.1) is 5.38 Å². The van der Waals surface area contributed by atoms with Crippen LogP contribution < -0.4 is 0 Å². The molecule has 0 spiro atoms. The molecule has 2 aromatic carbocycles. The summed E-state index contributed by atoms with van der Waals surface area (Å²) in [6, 6.07) is 17.1. The molecule has 0 nitrogen and oxygen atoms in total. The molecule has 0 radical (unpaired) electrons. The number of halogens is 2. The second-order valence-electron chi connectivity index (χ2n) is 5.89. The molecule has 0 bridgehead atoms. The predicted molar refractivity (Wildman–Crippen MR) is 94.1 cm³/mol. The van der Waals surface area contributed by atoms with E-state index in [1.54, 1.807) is 0 Å². The third-order valence-electron chi connectivity index (χ3n) is 4.48. The van der Waals surface area contributed by atoms with Crippen LogP contribution in [0.25, 0.3) is 0 Å². The topological polar surface area (TPSA) is 0 Å². The maximum atomic E-state index is 6.65. The van der Waals surface area contributed by atoms with Crippen LogP contribution in [0.5, 0.6) is 0 Å². The molecule has 1 saturated carbocycles. The Bertz CT molecular complexity index is 585. The standard InChI is InChI=1S/C19H20BrCl/c20-18-9-5-4-8-17(18)19(21)16-12-10-15(11-13-16)14-6-2-1-3-7-14/h4-5,8-14,19H,1-3,6-7H2. The maximum Gasteiger partial charge on any atom is 0.0846 e. The summed E-state index contributed by atoms with van der Waals surface area (Å²) in [5, 5.41) is -0.0963. The van der Waals surface area contributed by atoms with Crippen molar-refractivity contribution in [1.29, 1.82) is 0 Å². The quantitative estimate of drug-likeness (QED) is 0.524. The van der Waals surface area contributed by atoms with E-state index in [0.717, 1.165) is 16.0 Å². The molecule has 0 N–H and O–H groups in total. The SMILES string of the molecule is ClC(c1ccc(C2CCCCC2)cc1)c1ccccc1Br. The van der Waals surface area contributed by atoms with E-state index < -0.39 is 0 Å². The van der Waals surface area contributed by atoms with Gasteiger partial charge in [0.2, 0.25) is 0 Å². The minimum Gasteiger partial charge on any atom is -0.113 e. The molecular formula is C19H20BrCl. The van der Waals surface area contributed by atoms with Crippen molar-refractivity contribution in [3.8, 4) is 0 Å². The lowest BCUT2D eigenvalue weighted by Gasteiger charge is -2.22. The molecule has 0 saturated heterocycles. The first-order valence-electron chi connectivity index (χ1n) is 7.74. The zero-order valence-electron chi connectivity index (χ0n) is 12.1. The largest absolute Gasteiger partial charge is 0.113 e. The molecule has 1 fully saturated rings. The summed E-state index contributed by atoms with van der Waals surface area (Å²) < 4.78 is 1.07. The second-order valence-corrected chi connectivity index (χ2v) is 7.18. The second kappa shape index (κ2) is 6.98. The summed E-state index contributed by atoms with van der Waals surface area (Å²) in [6.07, 6.45) is 6.84. The first-order chi connectivity index (χ1) is 10.3. The molecule has 1 unspecified atom stereocenters. The molecule has 110 valence electrons. The monoisotopic (exact) mass is 362 g/mol. The van der Waals surface area contributed by atoms with Crippen molar-refractivity contribution in [2.45, 2.75) is 43.4 Å². The van der Waals surface area contributed by atoms with Gasteiger partial charge in [0.25, 0.3) is 0 Å². The van der Waals surface area contributed by atoms with Crippen LogP contribution >= 0.6 is 27.5 Å². The van der Waals surface area contributed by atoms with E-state index in [0.29, 0.717) is 0 Å². The summed E-state index contributed by atoms with van der Waals surface area (Å²) in [5.41, 5.74) is 3.78. The summed E-state index contributed by atoms with van der Waals surface area (Å²) in [5.74, 6) is 0.755. The molecule has 1 aliphatic carbocycles. The van der Waals surface area contributed by atoms with Gasteiger partial charge in [-0.25, -0.2) is 0 Å². The molecule has 0 aromatic heterocycles. The third kappa shape index (κ3) is 3.52. The first-order valence-corrected chi connectivity index (χ1v) is 8.97. The average Bonchev–Trinajstić information content (AvgIpc) is 2.56. The lowest BCUT2D eigenvalue weighted by molar-refractivity contribution is 0.443. The average molecular weight is 364 g/mol. The van der Waals surface area contributed by atoms with Gasteiger partial charge >= 0.3 is 0 Å². The number of hydrogen-bond acceptors (Lipinski definition) is 0. The van der Waals surface area contributed by atoms with Gasteiger partial charge in [-0.3, -0.25) is 0 Å². The lowest BCUT2D eigenvalue weighted by Crippen LogP contribution is -2.04. The van der Waals surface area contributed by atoms with Gasteiger partial charge < -0.3 is 0 Å². The van der Waals surface area contributed by atoms with Crippen LogP contribution in [0.4, 0.5) is 0 Å². The van der Waals surface area contributed by atoms with E-state index in [-0.39, 0.29) is 5.38 Å². The van der Waals surface area contributed by atoms with E-state index in [1.165, 1.54) is 43.2 Å². The molecule has 0 heterocycles. The summed E-state index contributed by atoms with van der Waals surface area (Å²) in [6.45, 7) is 0. The van der Waals surface area contributed by atoms with Crippen molar-refractivity contribution in [3.05, 3.63) is 69.7 Å². The van der Waals surface area contributed by atoms with Crippen LogP contribution in [0.2, 0.25) is 0 Å². The zero-order chi connectivity index (χ0) is 14.7. The van der Waals surface area contributed by atoms with Crippen molar-refractivity contribution >= 4 is 27.5 Å². The molecule has 0 amide bonds. The zero-order valence-corrected chi connectivity index (χ0v) is 14.4. The van der Waals surface area contributed by atoms with Crippen molar-refractivity contribution in [3.63, 3.8) is 0 Å². The van der Waals surface area contributed by atoms with E-state index >= 15 is 0 Å². The Labute approximate surface area is 140 Å². The van der Waals surface area contributed by atoms with Crippen LogP contribution in [-0.4, -0.2) is 0 Å². The van der Waals surface area contributed by atoms with E-state index in [4.69, 9.17) is 11.6 Å². The highest BCUT2D eigenvalue weighted by molar-refractivity contribution is 9.10. The number of alkyl halides is 1. The third-order valence-corrected chi connectivity index (χ3v) is 5.69. The van der Waals surface area contributed by atoms with E-state index in [1.807, 2.05) is 18.2 Å². The van der Waals surface area contributed by atoms with Gasteiger partial charge in [-0.05, 0) is 41.5 Å². The number of hydrogen-bond donors (Lipinski definition) is 0. The highest BCUT2D eigenvalue weighted by Crippen LogP contribution is 2.36. The Morgan fingerprint density at radius 3 is 2.24 bits per heavy atom. The van der Waals surface area contributed by atoms with E-state index in [9.17, 15) is 0 Å². The smallest absolute Gasteiger partial charge is 0.0846 e. The molecular weight excluding hydrogens is 344 g/mol. The van der Waals surface area contributed by atoms with Gasteiger partial charge in [-0.15, -0.1) is 11.6 Å². The Balaban J connectivity index is 1.79. The molecule has 1 aliphatic rings. The fourth-order valence-corrected chi connectivity index (χ4v) is 4.21. The summed E-state index contributed by atoms with van der Waals surface area (Å²) in [7, 11) is 0. The molecule has 2 aromatic rings. The molecule has 1 atom stereocenters. The Kier molecular flexibility index (Phi) is 5.03. The minimum absolute atomic E-state index is 0.0963. The lowest BCUT2D eigenvalue weighted by atomic mass is 9.84. The van der Waals surface area contributed by atoms with Crippen molar-refractivity contribution in [2.75, 3.05) is 0 Å². The Morgan fingerprint density at radius 2 is 1.57 bits per heavy atom. The van der Waals surface area contributed by atoms with Crippen LogP contribution in [0, 0.1) is 0 Å². The van der Waals surface area contributed by atoms with Crippen molar-refractivity contribution in [1.82, 2.24) is 0 Å². The van der Waals surface area contributed by atoms with Crippen LogP contribution in [0.1, 0.15) is 60.1 Å². The Hall–Kier alpha value is -0.790. The minimum atomic E-state index is -0.0963. The first kappa shape index (κ1) is 15.1. The molecule has 2 heteroatoms. The molecule has 3 rings (SSSR count). The summed E-state index contributed by atoms with van der Waals surface area (Å²) in [4.78, 5) is 0. The molecule has 0 aliphatic heterocycles. The summed E-state index contributed by atoms with van der Waals surface area (Å²) >= 11 is 10.2. The van der Waals surface area contributed by atoms with Gasteiger partial charge in [0.1, 0.15) is 0 Å². The van der Waals surface area contributed by atoms with Gasteiger partial charge in [-0.2, -0.15) is 0 Å². The molecule has 21 heavy (non-hydrogen) atoms.